The number of nitrogens with zero attached hydrogens (tertiary/aromatic N) is 3. The van der Waals surface area contributed by atoms with Gasteiger partial charge in [-0.15, -0.1) is 0 Å². The summed E-state index contributed by atoms with van der Waals surface area (Å²) in [6.45, 7) is 0.128. The van der Waals surface area contributed by atoms with Crippen molar-refractivity contribution < 1.29 is 27.7 Å². The van der Waals surface area contributed by atoms with Crippen molar-refractivity contribution in [2.45, 2.75) is 17.7 Å². The Kier molecular flexibility index (Phi) is 6.61. The summed E-state index contributed by atoms with van der Waals surface area (Å²) in [6.07, 6.45) is 2.83. The van der Waals surface area contributed by atoms with Gasteiger partial charge in [-0.2, -0.15) is 4.31 Å². The minimum Gasteiger partial charge on any atom is -0.465 e. The molecule has 1 aliphatic heterocycles. The van der Waals surface area contributed by atoms with Crippen molar-refractivity contribution >= 4 is 33.3 Å². The number of ether oxygens (including phenoxy) is 1. The van der Waals surface area contributed by atoms with Crippen molar-refractivity contribution in [3.05, 3.63) is 58.4 Å². The summed E-state index contributed by atoms with van der Waals surface area (Å²) < 4.78 is 32.0. The first-order valence-electron chi connectivity index (χ1n) is 9.32. The lowest BCUT2D eigenvalue weighted by molar-refractivity contribution is -0.384. The highest BCUT2D eigenvalue weighted by atomic mass is 32.2. The predicted molar refractivity (Wildman–Crippen MR) is 109 cm³/mol. The van der Waals surface area contributed by atoms with Gasteiger partial charge < -0.3 is 10.1 Å². The molecule has 0 atom stereocenters. The maximum absolute atomic E-state index is 13.1. The van der Waals surface area contributed by atoms with E-state index in [0.29, 0.717) is 0 Å². The zero-order chi connectivity index (χ0) is 22.6. The number of aromatic nitrogens is 1. The van der Waals surface area contributed by atoms with Crippen molar-refractivity contribution in [2.75, 3.05) is 25.5 Å². The molecule has 12 heteroatoms. The van der Waals surface area contributed by atoms with Crippen LogP contribution in [0.1, 0.15) is 23.2 Å². The fourth-order valence-corrected chi connectivity index (χ4v) is 4.99. The van der Waals surface area contributed by atoms with E-state index in [9.17, 15) is 28.1 Å². The van der Waals surface area contributed by atoms with Crippen molar-refractivity contribution in [2.24, 2.45) is 5.92 Å². The summed E-state index contributed by atoms with van der Waals surface area (Å²) in [5, 5.41) is 13.6. The molecule has 0 aliphatic carbocycles. The molecule has 0 radical (unpaired) electrons. The third kappa shape index (κ3) is 4.70. The molecule has 1 fully saturated rings. The van der Waals surface area contributed by atoms with Crippen LogP contribution in [-0.2, 0) is 19.6 Å². The highest BCUT2D eigenvalue weighted by Crippen LogP contribution is 2.28. The van der Waals surface area contributed by atoms with Crippen molar-refractivity contribution in [1.82, 2.24) is 9.29 Å². The second-order valence-electron chi connectivity index (χ2n) is 6.81. The monoisotopic (exact) mass is 448 g/mol. The lowest BCUT2D eigenvalue weighted by Gasteiger charge is -2.30. The fraction of sp³-hybridized carbons (Fsp3) is 0.316. The summed E-state index contributed by atoms with van der Waals surface area (Å²) in [5.41, 5.74) is -0.350. The number of esters is 1. The summed E-state index contributed by atoms with van der Waals surface area (Å²) >= 11 is 0. The van der Waals surface area contributed by atoms with Gasteiger partial charge in [-0.05, 0) is 31.0 Å². The number of nitro groups is 1. The number of pyridine rings is 1. The van der Waals surface area contributed by atoms with E-state index in [1.807, 2.05) is 0 Å². The Morgan fingerprint density at radius 3 is 2.55 bits per heavy atom. The number of sulfonamides is 1. The zero-order valence-corrected chi connectivity index (χ0v) is 17.4. The van der Waals surface area contributed by atoms with Crippen LogP contribution < -0.4 is 5.32 Å². The van der Waals surface area contributed by atoms with Crippen molar-refractivity contribution in [1.29, 1.82) is 0 Å². The summed E-state index contributed by atoms with van der Waals surface area (Å²) in [6, 6.07) is 7.10. The first-order chi connectivity index (χ1) is 14.8. The normalized spacial score (nSPS) is 15.3. The molecule has 1 aromatic carbocycles. The minimum absolute atomic E-state index is 0.0343. The largest absolute Gasteiger partial charge is 0.465 e. The second kappa shape index (κ2) is 9.18. The molecule has 1 amide bonds. The second-order valence-corrected chi connectivity index (χ2v) is 8.71. The van der Waals surface area contributed by atoms with Crippen LogP contribution in [0.15, 0.2) is 47.6 Å². The van der Waals surface area contributed by atoms with Crippen LogP contribution in [0.25, 0.3) is 0 Å². The van der Waals surface area contributed by atoms with Gasteiger partial charge in [0.1, 0.15) is 11.9 Å². The average Bonchev–Trinajstić information content (AvgIpc) is 2.78. The quantitative estimate of drug-likeness (QED) is 0.399. The number of methoxy groups -OCH3 is 1. The smallest absolute Gasteiger partial charge is 0.339 e. The van der Waals surface area contributed by atoms with Crippen LogP contribution in [0.5, 0.6) is 0 Å². The predicted octanol–water partition coefficient (Wildman–Crippen LogP) is 1.82. The standard InChI is InChI=1S/C19H20N4O7S/c1-30-19(25)14-4-2-3-5-17(14)31(28,29)22-10-7-13(8-11-22)18(24)21-15-6-9-20-12-16(15)23(26)27/h2-6,9,12-13H,7-8,10-11H2,1H3,(H,20,21,24). The third-order valence-electron chi connectivity index (χ3n) is 4.99. The van der Waals surface area contributed by atoms with E-state index < -0.39 is 32.7 Å². The molecule has 31 heavy (non-hydrogen) atoms. The lowest BCUT2D eigenvalue weighted by Crippen LogP contribution is -2.41. The van der Waals surface area contributed by atoms with Crippen LogP contribution in [-0.4, -0.2) is 54.7 Å². The van der Waals surface area contributed by atoms with Crippen molar-refractivity contribution in [3.8, 4) is 0 Å². The van der Waals surface area contributed by atoms with Gasteiger partial charge in [0.05, 0.1) is 22.5 Å². The highest BCUT2D eigenvalue weighted by Gasteiger charge is 2.34. The molecule has 1 aliphatic rings. The molecule has 1 N–H and O–H groups in total. The molecule has 1 saturated heterocycles. The molecule has 2 heterocycles. The fourth-order valence-electron chi connectivity index (χ4n) is 3.34. The first kappa shape index (κ1) is 22.3. The lowest BCUT2D eigenvalue weighted by atomic mass is 9.97. The SMILES string of the molecule is COC(=O)c1ccccc1S(=O)(=O)N1CCC(C(=O)Nc2ccncc2[N+](=O)[O-])CC1. The van der Waals surface area contributed by atoms with Crippen LogP contribution >= 0.6 is 0 Å². The van der Waals surface area contributed by atoms with Gasteiger partial charge in [-0.1, -0.05) is 12.1 Å². The number of piperidine rings is 1. The van der Waals surface area contributed by atoms with E-state index in [4.69, 9.17) is 0 Å². The molecule has 2 aromatic rings. The molecular formula is C19H20N4O7S. The van der Waals surface area contributed by atoms with Gasteiger partial charge in [0.2, 0.25) is 15.9 Å². The highest BCUT2D eigenvalue weighted by molar-refractivity contribution is 7.89. The van der Waals surface area contributed by atoms with Crippen LogP contribution in [0, 0.1) is 16.0 Å². The van der Waals surface area contributed by atoms with E-state index in [-0.39, 0.29) is 47.8 Å². The van der Waals surface area contributed by atoms with Gasteiger partial charge >= 0.3 is 11.7 Å². The van der Waals surface area contributed by atoms with E-state index in [0.717, 1.165) is 6.20 Å². The minimum atomic E-state index is -3.97. The molecule has 11 nitrogen and oxygen atoms in total. The van der Waals surface area contributed by atoms with Gasteiger partial charge in [0, 0.05) is 25.2 Å². The molecule has 3 rings (SSSR count). The number of hydrogen-bond donors (Lipinski definition) is 1. The number of carbonyl (C=O) groups is 2. The van der Waals surface area contributed by atoms with E-state index in [1.165, 1.54) is 41.9 Å². The summed E-state index contributed by atoms with van der Waals surface area (Å²) in [7, 11) is -2.80. The maximum atomic E-state index is 13.1. The van der Waals surface area contributed by atoms with Gasteiger partial charge in [0.25, 0.3) is 0 Å². The number of amides is 1. The van der Waals surface area contributed by atoms with Crippen LogP contribution in [0.4, 0.5) is 11.4 Å². The summed E-state index contributed by atoms with van der Waals surface area (Å²) in [5.74, 6) is -1.70. The Hall–Kier alpha value is -3.38. The number of anilines is 1. The van der Waals surface area contributed by atoms with E-state index in [2.05, 4.69) is 15.0 Å². The molecule has 0 saturated carbocycles. The number of hydrogen-bond acceptors (Lipinski definition) is 8. The molecule has 0 spiro atoms. The number of benzene rings is 1. The molecular weight excluding hydrogens is 428 g/mol. The van der Waals surface area contributed by atoms with Gasteiger partial charge in [0.15, 0.2) is 0 Å². The van der Waals surface area contributed by atoms with E-state index >= 15 is 0 Å². The number of nitrogens with one attached hydrogen (secondary N) is 1. The molecule has 0 unspecified atom stereocenters. The van der Waals surface area contributed by atoms with Crippen molar-refractivity contribution in [3.63, 3.8) is 0 Å². The Morgan fingerprint density at radius 1 is 1.23 bits per heavy atom. The van der Waals surface area contributed by atoms with E-state index in [1.54, 1.807) is 6.07 Å². The average molecular weight is 448 g/mol. The van der Waals surface area contributed by atoms with Gasteiger partial charge in [-0.25, -0.2) is 13.2 Å². The van der Waals surface area contributed by atoms with Crippen LogP contribution in [0.3, 0.4) is 0 Å². The van der Waals surface area contributed by atoms with Crippen LogP contribution in [0.2, 0.25) is 0 Å². The molecule has 0 bridgehead atoms. The Balaban J connectivity index is 1.71. The van der Waals surface area contributed by atoms with Gasteiger partial charge in [-0.3, -0.25) is 19.9 Å². The Labute approximate surface area is 178 Å². The number of rotatable bonds is 6. The number of carbonyl (C=O) groups excluding carboxylic acids is 2. The Bertz CT molecular complexity index is 1110. The topological polar surface area (TPSA) is 149 Å². The Morgan fingerprint density at radius 2 is 1.90 bits per heavy atom. The summed E-state index contributed by atoms with van der Waals surface area (Å²) in [4.78, 5) is 38.5. The third-order valence-corrected chi connectivity index (χ3v) is 6.95. The maximum Gasteiger partial charge on any atom is 0.339 e. The molecule has 1 aromatic heterocycles. The first-order valence-corrected chi connectivity index (χ1v) is 10.8. The zero-order valence-electron chi connectivity index (χ0n) is 16.6. The molecule has 164 valence electrons.